The zero-order valence-corrected chi connectivity index (χ0v) is 16.3. The number of nitrogens with zero attached hydrogens (tertiary/aromatic N) is 5. The normalized spacial score (nSPS) is 11.0. The maximum absolute atomic E-state index is 13.3. The van der Waals surface area contributed by atoms with Crippen LogP contribution in [0.3, 0.4) is 0 Å². The Morgan fingerprint density at radius 1 is 1.03 bits per heavy atom. The third-order valence-corrected chi connectivity index (χ3v) is 4.57. The van der Waals surface area contributed by atoms with E-state index in [1.807, 2.05) is 74.5 Å². The lowest BCUT2D eigenvalue weighted by atomic mass is 10.2. The SMILES string of the molecule is CC(C)N(Cc1nnc(-c2ccccc2)o1)C(=O)c1cncn1-c1ccccc1. The van der Waals surface area contributed by atoms with Crippen molar-refractivity contribution in [3.63, 3.8) is 0 Å². The molecule has 0 saturated heterocycles. The van der Waals surface area contributed by atoms with Crippen molar-refractivity contribution in [3.05, 3.63) is 84.8 Å². The lowest BCUT2D eigenvalue weighted by Crippen LogP contribution is -2.37. The van der Waals surface area contributed by atoms with Crippen LogP contribution in [0.2, 0.25) is 0 Å². The molecule has 146 valence electrons. The van der Waals surface area contributed by atoms with Crippen molar-refractivity contribution < 1.29 is 9.21 Å². The van der Waals surface area contributed by atoms with E-state index in [-0.39, 0.29) is 18.5 Å². The fraction of sp³-hybridized carbons (Fsp3) is 0.182. The molecule has 29 heavy (non-hydrogen) atoms. The van der Waals surface area contributed by atoms with Crippen LogP contribution < -0.4 is 0 Å². The highest BCUT2D eigenvalue weighted by Gasteiger charge is 2.25. The molecule has 0 bridgehead atoms. The van der Waals surface area contributed by atoms with Crippen molar-refractivity contribution in [1.82, 2.24) is 24.6 Å². The molecule has 2 aromatic heterocycles. The molecule has 0 radical (unpaired) electrons. The first-order valence-electron chi connectivity index (χ1n) is 9.40. The molecule has 0 fully saturated rings. The number of rotatable bonds is 6. The molecule has 4 aromatic rings. The second-order valence-electron chi connectivity index (χ2n) is 6.88. The molecule has 4 rings (SSSR count). The van der Waals surface area contributed by atoms with Crippen LogP contribution in [0.4, 0.5) is 0 Å². The van der Waals surface area contributed by atoms with Gasteiger partial charge in [-0.1, -0.05) is 36.4 Å². The third kappa shape index (κ3) is 3.94. The van der Waals surface area contributed by atoms with Crippen molar-refractivity contribution in [2.24, 2.45) is 0 Å². The predicted octanol–water partition coefficient (Wildman–Crippen LogP) is 3.97. The number of carbonyl (C=O) groups is 1. The first-order valence-corrected chi connectivity index (χ1v) is 9.40. The molecule has 0 saturated carbocycles. The largest absolute Gasteiger partial charge is 0.419 e. The first kappa shape index (κ1) is 18.6. The average molecular weight is 387 g/mol. The second kappa shape index (κ2) is 8.10. The Morgan fingerprint density at radius 2 is 1.72 bits per heavy atom. The van der Waals surface area contributed by atoms with E-state index in [1.165, 1.54) is 0 Å². The molecule has 0 atom stereocenters. The molecule has 0 spiro atoms. The number of carbonyl (C=O) groups excluding carboxylic acids is 1. The van der Waals surface area contributed by atoms with Gasteiger partial charge in [0.05, 0.1) is 19.1 Å². The van der Waals surface area contributed by atoms with Crippen molar-refractivity contribution in [2.75, 3.05) is 0 Å². The summed E-state index contributed by atoms with van der Waals surface area (Å²) in [4.78, 5) is 19.2. The summed E-state index contributed by atoms with van der Waals surface area (Å²) in [5.41, 5.74) is 2.20. The van der Waals surface area contributed by atoms with Crippen molar-refractivity contribution in [2.45, 2.75) is 26.4 Å². The van der Waals surface area contributed by atoms with Gasteiger partial charge in [0.1, 0.15) is 5.69 Å². The van der Waals surface area contributed by atoms with Gasteiger partial charge in [-0.3, -0.25) is 9.36 Å². The van der Waals surface area contributed by atoms with Gasteiger partial charge in [0.15, 0.2) is 0 Å². The first-order chi connectivity index (χ1) is 14.1. The van der Waals surface area contributed by atoms with Crippen LogP contribution in [0.5, 0.6) is 0 Å². The van der Waals surface area contributed by atoms with E-state index in [9.17, 15) is 4.79 Å². The van der Waals surface area contributed by atoms with Crippen LogP contribution in [0.25, 0.3) is 17.1 Å². The maximum atomic E-state index is 13.3. The Labute approximate surface area is 168 Å². The van der Waals surface area contributed by atoms with E-state index in [0.717, 1.165) is 11.3 Å². The smallest absolute Gasteiger partial charge is 0.273 e. The zero-order chi connectivity index (χ0) is 20.2. The van der Waals surface area contributed by atoms with Crippen LogP contribution in [0, 0.1) is 0 Å². The molecule has 0 N–H and O–H groups in total. The van der Waals surface area contributed by atoms with E-state index in [2.05, 4.69) is 15.2 Å². The molecular formula is C22H21N5O2. The summed E-state index contributed by atoms with van der Waals surface area (Å²) >= 11 is 0. The van der Waals surface area contributed by atoms with Gasteiger partial charge in [0.2, 0.25) is 11.8 Å². The fourth-order valence-electron chi connectivity index (χ4n) is 3.04. The average Bonchev–Trinajstić information content (AvgIpc) is 3.42. The Balaban J connectivity index is 1.59. The van der Waals surface area contributed by atoms with E-state index >= 15 is 0 Å². The van der Waals surface area contributed by atoms with E-state index < -0.39 is 0 Å². The highest BCUT2D eigenvalue weighted by atomic mass is 16.4. The quantitative estimate of drug-likeness (QED) is 0.500. The van der Waals surface area contributed by atoms with Gasteiger partial charge < -0.3 is 9.32 Å². The van der Waals surface area contributed by atoms with Crippen LogP contribution in [-0.4, -0.2) is 36.6 Å². The molecule has 2 aromatic carbocycles. The lowest BCUT2D eigenvalue weighted by Gasteiger charge is -2.25. The molecule has 1 amide bonds. The van der Waals surface area contributed by atoms with Gasteiger partial charge in [0, 0.05) is 17.3 Å². The Morgan fingerprint density at radius 3 is 2.41 bits per heavy atom. The Hall–Kier alpha value is -3.74. The number of amides is 1. The number of benzene rings is 2. The van der Waals surface area contributed by atoms with Crippen LogP contribution in [-0.2, 0) is 6.54 Å². The summed E-state index contributed by atoms with van der Waals surface area (Å²) < 4.78 is 7.57. The van der Waals surface area contributed by atoms with E-state index in [1.54, 1.807) is 22.0 Å². The van der Waals surface area contributed by atoms with Crippen molar-refractivity contribution in [3.8, 4) is 17.1 Å². The minimum absolute atomic E-state index is 0.0614. The number of para-hydroxylation sites is 1. The van der Waals surface area contributed by atoms with Crippen LogP contribution >= 0.6 is 0 Å². The van der Waals surface area contributed by atoms with Gasteiger partial charge in [-0.2, -0.15) is 0 Å². The van der Waals surface area contributed by atoms with Crippen LogP contribution in [0.15, 0.2) is 77.6 Å². The van der Waals surface area contributed by atoms with Crippen molar-refractivity contribution >= 4 is 5.91 Å². The summed E-state index contributed by atoms with van der Waals surface area (Å²) in [5, 5.41) is 8.24. The molecule has 2 heterocycles. The molecule has 0 aliphatic carbocycles. The monoisotopic (exact) mass is 387 g/mol. The number of aromatic nitrogens is 4. The van der Waals surface area contributed by atoms with Crippen LogP contribution in [0.1, 0.15) is 30.2 Å². The fourth-order valence-corrected chi connectivity index (χ4v) is 3.04. The lowest BCUT2D eigenvalue weighted by molar-refractivity contribution is 0.0664. The standard InChI is InChI=1S/C22H21N5O2/c1-16(2)26(14-20-24-25-21(29-20)17-9-5-3-6-10-17)22(28)19-13-23-15-27(19)18-11-7-4-8-12-18/h3-13,15-16H,14H2,1-2H3. The predicted molar refractivity (Wildman–Crippen MR) is 108 cm³/mol. The topological polar surface area (TPSA) is 77.1 Å². The number of hydrogen-bond acceptors (Lipinski definition) is 5. The van der Waals surface area contributed by atoms with Crippen molar-refractivity contribution in [1.29, 1.82) is 0 Å². The van der Waals surface area contributed by atoms with E-state index in [4.69, 9.17) is 4.42 Å². The molecule has 0 aliphatic heterocycles. The summed E-state index contributed by atoms with van der Waals surface area (Å²) in [6.07, 6.45) is 3.22. The van der Waals surface area contributed by atoms with Gasteiger partial charge in [-0.05, 0) is 38.1 Å². The maximum Gasteiger partial charge on any atom is 0.273 e. The number of imidazole rings is 1. The molecule has 7 nitrogen and oxygen atoms in total. The molecule has 0 unspecified atom stereocenters. The summed E-state index contributed by atoms with van der Waals surface area (Å²) in [5.74, 6) is 0.670. The molecular weight excluding hydrogens is 366 g/mol. The zero-order valence-electron chi connectivity index (χ0n) is 16.3. The highest BCUT2D eigenvalue weighted by molar-refractivity contribution is 5.93. The summed E-state index contributed by atoms with van der Waals surface area (Å²) in [7, 11) is 0. The summed E-state index contributed by atoms with van der Waals surface area (Å²) in [6.45, 7) is 4.13. The third-order valence-electron chi connectivity index (χ3n) is 4.57. The second-order valence-corrected chi connectivity index (χ2v) is 6.88. The molecule has 0 aliphatic rings. The minimum Gasteiger partial charge on any atom is -0.419 e. The van der Waals surface area contributed by atoms with Gasteiger partial charge in [0.25, 0.3) is 5.91 Å². The molecule has 7 heteroatoms. The Bertz CT molecular complexity index is 1090. The minimum atomic E-state index is -0.152. The van der Waals surface area contributed by atoms with Gasteiger partial charge in [-0.15, -0.1) is 10.2 Å². The highest BCUT2D eigenvalue weighted by Crippen LogP contribution is 2.20. The summed E-state index contributed by atoms with van der Waals surface area (Å²) in [6, 6.07) is 19.1. The van der Waals surface area contributed by atoms with E-state index in [0.29, 0.717) is 17.5 Å². The van der Waals surface area contributed by atoms with Gasteiger partial charge in [-0.25, -0.2) is 4.98 Å². The number of hydrogen-bond donors (Lipinski definition) is 0. The van der Waals surface area contributed by atoms with Gasteiger partial charge >= 0.3 is 0 Å². The Kier molecular flexibility index (Phi) is 5.20.